The lowest BCUT2D eigenvalue weighted by molar-refractivity contribution is -0.131. The SMILES string of the molecule is Cc1c(Br)c2ccccc2n1CC=CC(=O)O. The van der Waals surface area contributed by atoms with Gasteiger partial charge in [-0.25, -0.2) is 4.79 Å². The Balaban J connectivity index is 2.46. The van der Waals surface area contributed by atoms with Gasteiger partial charge in [0, 0.05) is 33.7 Å². The van der Waals surface area contributed by atoms with Crippen LogP contribution in [0.3, 0.4) is 0 Å². The molecule has 0 bridgehead atoms. The van der Waals surface area contributed by atoms with Crippen LogP contribution in [-0.4, -0.2) is 15.6 Å². The fraction of sp³-hybridized carbons (Fsp3) is 0.154. The van der Waals surface area contributed by atoms with Crippen molar-refractivity contribution >= 4 is 32.8 Å². The molecular formula is C13H12BrNO2. The molecule has 2 rings (SSSR count). The van der Waals surface area contributed by atoms with E-state index in [2.05, 4.69) is 20.5 Å². The maximum Gasteiger partial charge on any atom is 0.328 e. The van der Waals surface area contributed by atoms with Gasteiger partial charge in [-0.2, -0.15) is 0 Å². The molecule has 0 saturated carbocycles. The van der Waals surface area contributed by atoms with E-state index < -0.39 is 5.97 Å². The smallest absolute Gasteiger partial charge is 0.328 e. The number of carboxylic acids is 1. The number of fused-ring (bicyclic) bond motifs is 1. The van der Waals surface area contributed by atoms with E-state index in [0.717, 1.165) is 21.1 Å². The topological polar surface area (TPSA) is 42.2 Å². The van der Waals surface area contributed by atoms with Crippen LogP contribution >= 0.6 is 15.9 Å². The lowest BCUT2D eigenvalue weighted by atomic mass is 10.2. The van der Waals surface area contributed by atoms with Crippen LogP contribution in [-0.2, 0) is 11.3 Å². The maximum absolute atomic E-state index is 10.4. The van der Waals surface area contributed by atoms with Gasteiger partial charge in [0.25, 0.3) is 0 Å². The van der Waals surface area contributed by atoms with Crippen LogP contribution in [0.25, 0.3) is 10.9 Å². The first-order valence-corrected chi connectivity index (χ1v) is 6.03. The van der Waals surface area contributed by atoms with Gasteiger partial charge in [-0.15, -0.1) is 0 Å². The van der Waals surface area contributed by atoms with E-state index in [1.54, 1.807) is 6.08 Å². The molecule has 0 aliphatic heterocycles. The molecule has 0 saturated heterocycles. The number of aromatic nitrogens is 1. The zero-order valence-electron chi connectivity index (χ0n) is 9.35. The molecule has 0 amide bonds. The third-order valence-electron chi connectivity index (χ3n) is 2.70. The Morgan fingerprint density at radius 2 is 2.18 bits per heavy atom. The van der Waals surface area contributed by atoms with Crippen molar-refractivity contribution in [3.8, 4) is 0 Å². The number of aliphatic carboxylic acids is 1. The summed E-state index contributed by atoms with van der Waals surface area (Å²) in [5, 5.41) is 9.72. The molecule has 1 heterocycles. The highest BCUT2D eigenvalue weighted by molar-refractivity contribution is 9.10. The van der Waals surface area contributed by atoms with Gasteiger partial charge in [-0.1, -0.05) is 24.3 Å². The van der Waals surface area contributed by atoms with Gasteiger partial charge in [0.15, 0.2) is 0 Å². The molecule has 17 heavy (non-hydrogen) atoms. The van der Waals surface area contributed by atoms with Crippen LogP contribution in [0.5, 0.6) is 0 Å². The second-order valence-corrected chi connectivity index (χ2v) is 4.56. The van der Waals surface area contributed by atoms with Gasteiger partial charge in [-0.05, 0) is 28.9 Å². The van der Waals surface area contributed by atoms with Gasteiger partial charge in [-0.3, -0.25) is 0 Å². The summed E-state index contributed by atoms with van der Waals surface area (Å²) in [4.78, 5) is 10.4. The van der Waals surface area contributed by atoms with E-state index >= 15 is 0 Å². The molecule has 0 radical (unpaired) electrons. The number of nitrogens with zero attached hydrogens (tertiary/aromatic N) is 1. The summed E-state index contributed by atoms with van der Waals surface area (Å²) in [6, 6.07) is 8.04. The van der Waals surface area contributed by atoms with E-state index in [-0.39, 0.29) is 0 Å². The van der Waals surface area contributed by atoms with Gasteiger partial charge >= 0.3 is 5.97 Å². The Morgan fingerprint density at radius 3 is 2.88 bits per heavy atom. The summed E-state index contributed by atoms with van der Waals surface area (Å²) in [6.07, 6.45) is 2.82. The average molecular weight is 294 g/mol. The molecule has 0 aliphatic carbocycles. The molecule has 0 aliphatic rings. The first kappa shape index (κ1) is 11.9. The maximum atomic E-state index is 10.4. The van der Waals surface area contributed by atoms with Crippen molar-refractivity contribution in [3.05, 3.63) is 46.6 Å². The number of allylic oxidation sites excluding steroid dienone is 1. The van der Waals surface area contributed by atoms with Crippen molar-refractivity contribution < 1.29 is 9.90 Å². The van der Waals surface area contributed by atoms with Crippen molar-refractivity contribution in [1.29, 1.82) is 0 Å². The lowest BCUT2D eigenvalue weighted by Crippen LogP contribution is -1.98. The highest BCUT2D eigenvalue weighted by atomic mass is 79.9. The first-order valence-electron chi connectivity index (χ1n) is 5.24. The highest BCUT2D eigenvalue weighted by Gasteiger charge is 2.09. The summed E-state index contributed by atoms with van der Waals surface area (Å²) in [5.74, 6) is -0.918. The predicted molar refractivity (Wildman–Crippen MR) is 71.2 cm³/mol. The molecule has 0 atom stereocenters. The molecule has 0 spiro atoms. The Bertz CT molecular complexity index is 599. The summed E-state index contributed by atoms with van der Waals surface area (Å²) >= 11 is 3.56. The van der Waals surface area contributed by atoms with Crippen LogP contribution in [0, 0.1) is 6.92 Å². The number of hydrogen-bond acceptors (Lipinski definition) is 1. The summed E-state index contributed by atoms with van der Waals surface area (Å²) in [5.41, 5.74) is 2.20. The van der Waals surface area contributed by atoms with Gasteiger partial charge in [0.05, 0.1) is 0 Å². The predicted octanol–water partition coefficient (Wildman–Crippen LogP) is 3.35. The molecular weight excluding hydrogens is 282 g/mol. The minimum atomic E-state index is -0.918. The van der Waals surface area contributed by atoms with Crippen LogP contribution in [0.4, 0.5) is 0 Å². The fourth-order valence-electron chi connectivity index (χ4n) is 1.88. The number of benzene rings is 1. The van der Waals surface area contributed by atoms with Crippen molar-refractivity contribution in [3.63, 3.8) is 0 Å². The molecule has 2 aromatic rings. The molecule has 88 valence electrons. The number of carbonyl (C=O) groups is 1. The zero-order chi connectivity index (χ0) is 12.4. The molecule has 0 fully saturated rings. The average Bonchev–Trinajstić information content (AvgIpc) is 2.54. The van der Waals surface area contributed by atoms with Gasteiger partial charge < -0.3 is 9.67 Å². The quantitative estimate of drug-likeness (QED) is 0.882. The Labute approximate surface area is 107 Å². The number of para-hydroxylation sites is 1. The molecule has 1 N–H and O–H groups in total. The van der Waals surface area contributed by atoms with Crippen molar-refractivity contribution in [2.75, 3.05) is 0 Å². The van der Waals surface area contributed by atoms with Gasteiger partial charge in [0.1, 0.15) is 0 Å². The van der Waals surface area contributed by atoms with E-state index in [4.69, 9.17) is 5.11 Å². The van der Waals surface area contributed by atoms with Crippen molar-refractivity contribution in [2.45, 2.75) is 13.5 Å². The number of halogens is 1. The second-order valence-electron chi connectivity index (χ2n) is 3.77. The minimum Gasteiger partial charge on any atom is -0.478 e. The van der Waals surface area contributed by atoms with Crippen molar-refractivity contribution in [2.24, 2.45) is 0 Å². The Hall–Kier alpha value is -1.55. The lowest BCUT2D eigenvalue weighted by Gasteiger charge is -2.03. The number of carboxylic acid groups (broad SMARTS) is 1. The monoisotopic (exact) mass is 293 g/mol. The Kier molecular flexibility index (Phi) is 3.33. The van der Waals surface area contributed by atoms with Gasteiger partial charge in [0.2, 0.25) is 0 Å². The standard InChI is InChI=1S/C13H12BrNO2/c1-9-13(14)10-5-2-3-6-11(10)15(9)8-4-7-12(16)17/h2-7H,8H2,1H3,(H,16,17). The van der Waals surface area contributed by atoms with Crippen LogP contribution < -0.4 is 0 Å². The third-order valence-corrected chi connectivity index (χ3v) is 3.70. The highest BCUT2D eigenvalue weighted by Crippen LogP contribution is 2.30. The van der Waals surface area contributed by atoms with E-state index in [1.165, 1.54) is 6.08 Å². The molecule has 1 aromatic heterocycles. The molecule has 3 nitrogen and oxygen atoms in total. The molecule has 1 aromatic carbocycles. The van der Waals surface area contributed by atoms with E-state index in [0.29, 0.717) is 6.54 Å². The van der Waals surface area contributed by atoms with Crippen LogP contribution in [0.2, 0.25) is 0 Å². The fourth-order valence-corrected chi connectivity index (χ4v) is 2.43. The van der Waals surface area contributed by atoms with E-state index in [9.17, 15) is 4.79 Å². The van der Waals surface area contributed by atoms with Crippen molar-refractivity contribution in [1.82, 2.24) is 4.57 Å². The molecule has 0 unspecified atom stereocenters. The minimum absolute atomic E-state index is 0.560. The second kappa shape index (κ2) is 4.75. The molecule has 4 heteroatoms. The Morgan fingerprint density at radius 1 is 1.47 bits per heavy atom. The normalized spacial score (nSPS) is 11.4. The summed E-state index contributed by atoms with van der Waals surface area (Å²) in [7, 11) is 0. The summed E-state index contributed by atoms with van der Waals surface area (Å²) in [6.45, 7) is 2.57. The largest absolute Gasteiger partial charge is 0.478 e. The number of rotatable bonds is 3. The third kappa shape index (κ3) is 2.26. The first-order chi connectivity index (χ1) is 8.11. The van der Waals surface area contributed by atoms with E-state index in [1.807, 2.05) is 31.2 Å². The zero-order valence-corrected chi connectivity index (χ0v) is 10.9. The van der Waals surface area contributed by atoms with Crippen LogP contribution in [0.15, 0.2) is 40.9 Å². The number of hydrogen-bond donors (Lipinski definition) is 1. The summed E-state index contributed by atoms with van der Waals surface area (Å²) < 4.78 is 3.15. The van der Waals surface area contributed by atoms with Crippen LogP contribution in [0.1, 0.15) is 5.69 Å².